The Kier molecular flexibility index (Phi) is 3.38. The minimum atomic E-state index is 0.218. The molecule has 2 nitrogen and oxygen atoms in total. The van der Waals surface area contributed by atoms with Gasteiger partial charge in [-0.1, -0.05) is 19.9 Å². The van der Waals surface area contributed by atoms with Crippen molar-refractivity contribution in [1.29, 1.82) is 0 Å². The fourth-order valence-electron chi connectivity index (χ4n) is 3.72. The normalized spacial score (nSPS) is 32.3. The Morgan fingerprint density at radius 3 is 2.89 bits per heavy atom. The lowest BCUT2D eigenvalue weighted by atomic mass is 9.55. The number of hydrogen-bond acceptors (Lipinski definition) is 2. The molecule has 1 N–H and O–H groups in total. The minimum Gasteiger partial charge on any atom is -0.380 e. The second-order valence-corrected chi connectivity index (χ2v) is 7.38. The maximum Gasteiger partial charge on any atom is 0.0693 e. The van der Waals surface area contributed by atoms with E-state index in [0.29, 0.717) is 18.1 Å². The van der Waals surface area contributed by atoms with Gasteiger partial charge in [-0.3, -0.25) is 0 Å². The number of halogens is 1. The van der Waals surface area contributed by atoms with E-state index in [1.807, 2.05) is 0 Å². The van der Waals surface area contributed by atoms with Crippen LogP contribution in [0.2, 0.25) is 0 Å². The lowest BCUT2D eigenvalue weighted by molar-refractivity contribution is -0.177. The van der Waals surface area contributed by atoms with Gasteiger partial charge in [0.2, 0.25) is 0 Å². The molecule has 3 rings (SSSR count). The van der Waals surface area contributed by atoms with Crippen LogP contribution in [0, 0.1) is 18.3 Å². The van der Waals surface area contributed by atoms with Crippen molar-refractivity contribution in [2.75, 3.05) is 11.9 Å². The van der Waals surface area contributed by atoms with Gasteiger partial charge in [0.1, 0.15) is 0 Å². The second kappa shape index (κ2) is 4.78. The molecule has 0 bridgehead atoms. The SMILES string of the molecule is Cc1ccc(NC2C3CCCOC3C2(C)C)c(Br)c1. The molecule has 2 aliphatic rings. The Morgan fingerprint density at radius 1 is 1.37 bits per heavy atom. The molecule has 1 aromatic rings. The van der Waals surface area contributed by atoms with E-state index in [2.05, 4.69) is 60.2 Å². The molecule has 3 atom stereocenters. The van der Waals surface area contributed by atoms with Gasteiger partial charge in [-0.2, -0.15) is 0 Å². The van der Waals surface area contributed by atoms with Crippen molar-refractivity contribution in [2.24, 2.45) is 11.3 Å². The van der Waals surface area contributed by atoms with Crippen LogP contribution < -0.4 is 5.32 Å². The molecule has 104 valence electrons. The number of rotatable bonds is 2. The largest absolute Gasteiger partial charge is 0.380 e. The van der Waals surface area contributed by atoms with Crippen molar-refractivity contribution in [3.8, 4) is 0 Å². The topological polar surface area (TPSA) is 21.3 Å². The first kappa shape index (κ1) is 13.4. The van der Waals surface area contributed by atoms with Crippen LogP contribution in [0.4, 0.5) is 5.69 Å². The number of anilines is 1. The van der Waals surface area contributed by atoms with Crippen molar-refractivity contribution >= 4 is 21.6 Å². The lowest BCUT2D eigenvalue weighted by Gasteiger charge is -2.60. The molecule has 0 radical (unpaired) electrons. The third-order valence-electron chi connectivity index (χ3n) is 4.77. The first-order valence-corrected chi connectivity index (χ1v) is 7.94. The summed E-state index contributed by atoms with van der Waals surface area (Å²) in [6.45, 7) is 7.69. The van der Waals surface area contributed by atoms with Crippen molar-refractivity contribution < 1.29 is 4.74 Å². The summed E-state index contributed by atoms with van der Waals surface area (Å²) in [7, 11) is 0. The van der Waals surface area contributed by atoms with Crippen molar-refractivity contribution in [3.63, 3.8) is 0 Å². The first-order valence-electron chi connectivity index (χ1n) is 7.14. The molecule has 3 unspecified atom stereocenters. The van der Waals surface area contributed by atoms with Gasteiger partial charge in [0, 0.05) is 34.1 Å². The van der Waals surface area contributed by atoms with Crippen LogP contribution in [0.15, 0.2) is 22.7 Å². The van der Waals surface area contributed by atoms with E-state index in [1.165, 1.54) is 24.1 Å². The zero-order chi connectivity index (χ0) is 13.6. The van der Waals surface area contributed by atoms with E-state index in [9.17, 15) is 0 Å². The summed E-state index contributed by atoms with van der Waals surface area (Å²) in [5, 5.41) is 3.74. The lowest BCUT2D eigenvalue weighted by Crippen LogP contribution is -2.67. The summed E-state index contributed by atoms with van der Waals surface area (Å²) >= 11 is 3.66. The average molecular weight is 324 g/mol. The van der Waals surface area contributed by atoms with Crippen LogP contribution in [-0.4, -0.2) is 18.8 Å². The van der Waals surface area contributed by atoms with Gasteiger partial charge in [-0.25, -0.2) is 0 Å². The average Bonchev–Trinajstić information content (AvgIpc) is 2.37. The Morgan fingerprint density at radius 2 is 2.16 bits per heavy atom. The highest BCUT2D eigenvalue weighted by molar-refractivity contribution is 9.10. The molecule has 3 heteroatoms. The van der Waals surface area contributed by atoms with E-state index in [4.69, 9.17) is 4.74 Å². The molecular formula is C16H22BrNO. The third kappa shape index (κ3) is 2.21. The smallest absolute Gasteiger partial charge is 0.0693 e. The Hall–Kier alpha value is -0.540. The summed E-state index contributed by atoms with van der Waals surface area (Å²) in [6.07, 6.45) is 2.92. The van der Waals surface area contributed by atoms with Crippen LogP contribution in [0.1, 0.15) is 32.3 Å². The molecule has 19 heavy (non-hydrogen) atoms. The number of hydrogen-bond donors (Lipinski definition) is 1. The summed E-state index contributed by atoms with van der Waals surface area (Å²) in [6, 6.07) is 7.01. The standard InChI is InChI=1S/C16H22BrNO/c1-10-6-7-13(12(17)9-10)18-14-11-5-4-8-19-15(11)16(14,2)3/h6-7,9,11,14-15,18H,4-5,8H2,1-3H3. The van der Waals surface area contributed by atoms with Gasteiger partial charge in [-0.15, -0.1) is 0 Å². The Bertz CT molecular complexity index is 486. The fraction of sp³-hybridized carbons (Fsp3) is 0.625. The molecule has 1 aliphatic carbocycles. The Balaban J connectivity index is 1.79. The molecule has 1 saturated heterocycles. The Labute approximate surface area is 124 Å². The first-order chi connectivity index (χ1) is 9.00. The van der Waals surface area contributed by atoms with Crippen LogP contribution in [-0.2, 0) is 4.74 Å². The summed E-state index contributed by atoms with van der Waals surface area (Å²) in [5.41, 5.74) is 2.70. The summed E-state index contributed by atoms with van der Waals surface area (Å²) in [5.74, 6) is 0.664. The number of aryl methyl sites for hydroxylation is 1. The number of benzene rings is 1. The second-order valence-electron chi connectivity index (χ2n) is 6.52. The predicted octanol–water partition coefficient (Wildman–Crippen LogP) is 4.37. The molecule has 0 spiro atoms. The molecule has 1 aliphatic heterocycles. The highest BCUT2D eigenvalue weighted by Gasteiger charge is 2.57. The van der Waals surface area contributed by atoms with Gasteiger partial charge in [-0.05, 0) is 53.4 Å². The highest BCUT2D eigenvalue weighted by Crippen LogP contribution is 2.52. The molecule has 0 amide bonds. The van der Waals surface area contributed by atoms with Crippen molar-refractivity contribution in [1.82, 2.24) is 0 Å². The molecular weight excluding hydrogens is 302 g/mol. The van der Waals surface area contributed by atoms with Crippen LogP contribution in [0.3, 0.4) is 0 Å². The van der Waals surface area contributed by atoms with Crippen LogP contribution >= 0.6 is 15.9 Å². The minimum absolute atomic E-state index is 0.218. The summed E-state index contributed by atoms with van der Waals surface area (Å²) in [4.78, 5) is 0. The maximum absolute atomic E-state index is 5.96. The monoisotopic (exact) mass is 323 g/mol. The van der Waals surface area contributed by atoms with Crippen molar-refractivity contribution in [3.05, 3.63) is 28.2 Å². The zero-order valence-electron chi connectivity index (χ0n) is 11.9. The van der Waals surface area contributed by atoms with Gasteiger partial charge in [0.15, 0.2) is 0 Å². The number of ether oxygens (including phenoxy) is 1. The molecule has 2 fully saturated rings. The van der Waals surface area contributed by atoms with E-state index < -0.39 is 0 Å². The zero-order valence-corrected chi connectivity index (χ0v) is 13.5. The summed E-state index contributed by atoms with van der Waals surface area (Å²) < 4.78 is 7.11. The predicted molar refractivity (Wildman–Crippen MR) is 82.5 cm³/mol. The highest BCUT2D eigenvalue weighted by atomic mass is 79.9. The third-order valence-corrected chi connectivity index (χ3v) is 5.42. The van der Waals surface area contributed by atoms with Gasteiger partial charge < -0.3 is 10.1 Å². The quantitative estimate of drug-likeness (QED) is 0.872. The van der Waals surface area contributed by atoms with Gasteiger partial charge in [0.25, 0.3) is 0 Å². The van der Waals surface area contributed by atoms with Gasteiger partial charge in [0.05, 0.1) is 6.10 Å². The van der Waals surface area contributed by atoms with Gasteiger partial charge >= 0.3 is 0 Å². The van der Waals surface area contributed by atoms with Crippen LogP contribution in [0.25, 0.3) is 0 Å². The van der Waals surface area contributed by atoms with E-state index >= 15 is 0 Å². The van der Waals surface area contributed by atoms with E-state index in [1.54, 1.807) is 0 Å². The molecule has 0 aromatic heterocycles. The fourth-order valence-corrected chi connectivity index (χ4v) is 4.33. The van der Waals surface area contributed by atoms with Crippen molar-refractivity contribution in [2.45, 2.75) is 45.8 Å². The van der Waals surface area contributed by atoms with E-state index in [0.717, 1.165) is 11.1 Å². The maximum atomic E-state index is 5.96. The molecule has 1 aromatic carbocycles. The van der Waals surface area contributed by atoms with Crippen LogP contribution in [0.5, 0.6) is 0 Å². The number of fused-ring (bicyclic) bond motifs is 1. The number of nitrogens with one attached hydrogen (secondary N) is 1. The molecule has 1 heterocycles. The van der Waals surface area contributed by atoms with E-state index in [-0.39, 0.29) is 5.41 Å². The molecule has 1 saturated carbocycles.